The van der Waals surface area contributed by atoms with Crippen LogP contribution in [0.4, 0.5) is 37.0 Å². The number of nitrogens with zero attached hydrogens (tertiary/aromatic N) is 4. The highest BCUT2D eigenvalue weighted by Crippen LogP contribution is 2.36. The highest BCUT2D eigenvalue weighted by atomic mass is 19.4. The number of benzene rings is 1. The Morgan fingerprint density at radius 1 is 1.06 bits per heavy atom. The van der Waals surface area contributed by atoms with Crippen LogP contribution in [0.3, 0.4) is 0 Å². The van der Waals surface area contributed by atoms with Crippen LogP contribution in [0.25, 0.3) is 5.65 Å². The van der Waals surface area contributed by atoms with Gasteiger partial charge in [0.1, 0.15) is 5.82 Å². The van der Waals surface area contributed by atoms with Gasteiger partial charge in [-0.05, 0) is 12.0 Å². The number of alkyl halides is 6. The zero-order valence-corrected chi connectivity index (χ0v) is 16.9. The molecule has 0 aliphatic carbocycles. The first-order valence-corrected chi connectivity index (χ1v) is 9.78. The van der Waals surface area contributed by atoms with Crippen LogP contribution in [0, 0.1) is 0 Å². The third-order valence-electron chi connectivity index (χ3n) is 5.67. The SMILES string of the molecule is NC(=O)N1CCC(CNc2cc(C(F)(F)F)nc3cc(C(F)(F)F)nn23)(c2ccccc2)C1. The maximum atomic E-state index is 13.4. The number of likely N-dealkylation sites (tertiary alicyclic amines) is 1. The molecule has 3 N–H and O–H groups in total. The second-order valence-corrected chi connectivity index (χ2v) is 7.83. The van der Waals surface area contributed by atoms with E-state index in [9.17, 15) is 31.1 Å². The number of fused-ring (bicyclic) bond motifs is 1. The van der Waals surface area contributed by atoms with Gasteiger partial charge in [-0.2, -0.15) is 36.0 Å². The van der Waals surface area contributed by atoms with E-state index in [1.807, 2.05) is 12.1 Å². The fourth-order valence-corrected chi connectivity index (χ4v) is 3.98. The zero-order chi connectivity index (χ0) is 24.0. The van der Waals surface area contributed by atoms with Crippen LogP contribution in [0.15, 0.2) is 42.5 Å². The second-order valence-electron chi connectivity index (χ2n) is 7.83. The molecule has 1 aromatic carbocycles. The number of amides is 2. The van der Waals surface area contributed by atoms with Crippen LogP contribution in [0.5, 0.6) is 0 Å². The van der Waals surface area contributed by atoms with Crippen molar-refractivity contribution in [1.29, 1.82) is 0 Å². The van der Waals surface area contributed by atoms with Gasteiger partial charge < -0.3 is 16.0 Å². The molecule has 0 bridgehead atoms. The van der Waals surface area contributed by atoms with E-state index >= 15 is 0 Å². The molecule has 0 saturated carbocycles. The van der Waals surface area contributed by atoms with Crippen molar-refractivity contribution in [2.75, 3.05) is 25.0 Å². The Kier molecular flexibility index (Phi) is 5.37. The van der Waals surface area contributed by atoms with Crippen molar-refractivity contribution in [2.24, 2.45) is 5.73 Å². The molecule has 0 spiro atoms. The van der Waals surface area contributed by atoms with E-state index in [2.05, 4.69) is 15.4 Å². The number of carbonyl (C=O) groups is 1. The first kappa shape index (κ1) is 22.7. The quantitative estimate of drug-likeness (QED) is 0.564. The number of hydrogen-bond acceptors (Lipinski definition) is 4. The highest BCUT2D eigenvalue weighted by molar-refractivity contribution is 5.72. The number of aromatic nitrogens is 3. The Bertz CT molecular complexity index is 1180. The van der Waals surface area contributed by atoms with Crippen LogP contribution in [0.1, 0.15) is 23.4 Å². The van der Waals surface area contributed by atoms with Crippen molar-refractivity contribution in [3.63, 3.8) is 0 Å². The van der Waals surface area contributed by atoms with Gasteiger partial charge in [0, 0.05) is 37.2 Å². The number of primary amides is 1. The summed E-state index contributed by atoms with van der Waals surface area (Å²) >= 11 is 0. The molecule has 1 atom stereocenters. The van der Waals surface area contributed by atoms with E-state index in [0.29, 0.717) is 29.6 Å². The van der Waals surface area contributed by atoms with E-state index in [1.54, 1.807) is 18.2 Å². The third-order valence-corrected chi connectivity index (χ3v) is 5.67. The van der Waals surface area contributed by atoms with E-state index in [-0.39, 0.29) is 18.9 Å². The third kappa shape index (κ3) is 4.39. The lowest BCUT2D eigenvalue weighted by Crippen LogP contribution is -2.41. The lowest BCUT2D eigenvalue weighted by molar-refractivity contribution is -0.142. The van der Waals surface area contributed by atoms with Gasteiger partial charge in [-0.25, -0.2) is 9.78 Å². The number of rotatable bonds is 4. The van der Waals surface area contributed by atoms with Crippen LogP contribution in [0.2, 0.25) is 0 Å². The average molecular weight is 472 g/mol. The number of carbonyl (C=O) groups excluding carboxylic acids is 1. The van der Waals surface area contributed by atoms with Gasteiger partial charge in [0.2, 0.25) is 0 Å². The van der Waals surface area contributed by atoms with Crippen LogP contribution in [-0.4, -0.2) is 45.2 Å². The number of halogens is 6. The van der Waals surface area contributed by atoms with Gasteiger partial charge in [-0.1, -0.05) is 30.3 Å². The van der Waals surface area contributed by atoms with E-state index in [0.717, 1.165) is 5.56 Å². The van der Waals surface area contributed by atoms with Crippen molar-refractivity contribution in [2.45, 2.75) is 24.2 Å². The summed E-state index contributed by atoms with van der Waals surface area (Å²) in [5, 5.41) is 6.23. The van der Waals surface area contributed by atoms with Crippen LogP contribution < -0.4 is 11.1 Å². The number of nitrogens with one attached hydrogen (secondary N) is 1. The summed E-state index contributed by atoms with van der Waals surface area (Å²) < 4.78 is 80.2. The lowest BCUT2D eigenvalue weighted by atomic mass is 9.79. The highest BCUT2D eigenvalue weighted by Gasteiger charge is 2.42. The Hall–Kier alpha value is -3.51. The molecule has 7 nitrogen and oxygen atoms in total. The zero-order valence-electron chi connectivity index (χ0n) is 16.9. The summed E-state index contributed by atoms with van der Waals surface area (Å²) in [4.78, 5) is 16.4. The number of anilines is 1. The molecule has 176 valence electrons. The first-order chi connectivity index (χ1) is 15.4. The van der Waals surface area contributed by atoms with E-state index in [1.165, 1.54) is 4.90 Å². The van der Waals surface area contributed by atoms with E-state index in [4.69, 9.17) is 5.73 Å². The van der Waals surface area contributed by atoms with Gasteiger partial charge in [-0.3, -0.25) is 0 Å². The van der Waals surface area contributed by atoms with Gasteiger partial charge in [-0.15, -0.1) is 0 Å². The maximum Gasteiger partial charge on any atom is 0.435 e. The topological polar surface area (TPSA) is 88.5 Å². The predicted octanol–water partition coefficient (Wildman–Crippen LogP) is 3.90. The Morgan fingerprint density at radius 3 is 2.30 bits per heavy atom. The molecular formula is C20H18F6N6O. The summed E-state index contributed by atoms with van der Waals surface area (Å²) in [5.74, 6) is -0.310. The minimum Gasteiger partial charge on any atom is -0.369 e. The Balaban J connectivity index is 1.75. The second kappa shape index (κ2) is 7.81. The molecule has 1 aliphatic heterocycles. The molecule has 1 unspecified atom stereocenters. The van der Waals surface area contributed by atoms with Crippen molar-refractivity contribution in [3.05, 3.63) is 59.4 Å². The fourth-order valence-electron chi connectivity index (χ4n) is 3.98. The summed E-state index contributed by atoms with van der Waals surface area (Å²) in [5.41, 5.74) is 2.16. The number of urea groups is 1. The maximum absolute atomic E-state index is 13.4. The molecule has 3 heterocycles. The smallest absolute Gasteiger partial charge is 0.369 e. The Labute approximate surface area is 183 Å². The van der Waals surface area contributed by atoms with Gasteiger partial charge in [0.25, 0.3) is 0 Å². The molecule has 2 amide bonds. The normalized spacial score (nSPS) is 19.3. The van der Waals surface area contributed by atoms with Gasteiger partial charge >= 0.3 is 18.4 Å². The van der Waals surface area contributed by atoms with Gasteiger partial charge in [0.15, 0.2) is 17.0 Å². The minimum atomic E-state index is -4.88. The van der Waals surface area contributed by atoms with Crippen molar-refractivity contribution in [3.8, 4) is 0 Å². The molecular weight excluding hydrogens is 454 g/mol. The molecule has 3 aromatic rings. The first-order valence-electron chi connectivity index (χ1n) is 9.78. The largest absolute Gasteiger partial charge is 0.435 e. The molecule has 4 rings (SSSR count). The predicted molar refractivity (Wildman–Crippen MR) is 105 cm³/mol. The average Bonchev–Trinajstić information content (AvgIpc) is 3.37. The molecule has 1 fully saturated rings. The summed E-state index contributed by atoms with van der Waals surface area (Å²) in [6.45, 7) is 0.524. The molecule has 13 heteroatoms. The summed E-state index contributed by atoms with van der Waals surface area (Å²) in [6, 6.07) is 9.39. The molecule has 2 aromatic heterocycles. The lowest BCUT2D eigenvalue weighted by Gasteiger charge is -2.30. The fraction of sp³-hybridized carbons (Fsp3) is 0.350. The Morgan fingerprint density at radius 2 is 1.73 bits per heavy atom. The molecule has 33 heavy (non-hydrogen) atoms. The van der Waals surface area contributed by atoms with Gasteiger partial charge in [0.05, 0.1) is 0 Å². The monoisotopic (exact) mass is 472 g/mol. The van der Waals surface area contributed by atoms with Crippen molar-refractivity contribution < 1.29 is 31.1 Å². The van der Waals surface area contributed by atoms with Crippen molar-refractivity contribution in [1.82, 2.24) is 19.5 Å². The van der Waals surface area contributed by atoms with Crippen LogP contribution in [-0.2, 0) is 17.8 Å². The van der Waals surface area contributed by atoms with Crippen LogP contribution >= 0.6 is 0 Å². The van der Waals surface area contributed by atoms with E-state index < -0.39 is 40.8 Å². The standard InChI is InChI=1S/C20H18F6N6O/c21-19(22,23)13-8-15(32-16(29-13)9-14(30-32)20(24,25)26)28-10-18(12-4-2-1-3-5-12)6-7-31(11-18)17(27)33/h1-5,8-9,28H,6-7,10-11H2,(H2,27,33). The molecule has 1 aliphatic rings. The number of hydrogen-bond donors (Lipinski definition) is 2. The van der Waals surface area contributed by atoms with Crippen molar-refractivity contribution >= 4 is 17.5 Å². The molecule has 0 radical (unpaired) electrons. The summed E-state index contributed by atoms with van der Waals surface area (Å²) in [6.07, 6.45) is -9.30. The summed E-state index contributed by atoms with van der Waals surface area (Å²) in [7, 11) is 0. The minimum absolute atomic E-state index is 0.0123. The number of nitrogens with two attached hydrogens (primary N) is 1. The molecule has 1 saturated heterocycles.